The number of rotatable bonds is 11. The molecule has 146 valence electrons. The van der Waals surface area contributed by atoms with E-state index in [4.69, 9.17) is 9.47 Å². The number of methoxy groups -OCH3 is 1. The van der Waals surface area contributed by atoms with Crippen LogP contribution in [0.5, 0.6) is 11.5 Å². The third kappa shape index (κ3) is 7.73. The van der Waals surface area contributed by atoms with Gasteiger partial charge in [-0.05, 0) is 60.6 Å². The minimum Gasteiger partial charge on any atom is -0.497 e. The van der Waals surface area contributed by atoms with Crippen molar-refractivity contribution >= 4 is 5.91 Å². The molecule has 1 N–H and O–H groups in total. The van der Waals surface area contributed by atoms with Crippen molar-refractivity contribution in [1.29, 1.82) is 0 Å². The Morgan fingerprint density at radius 3 is 2.26 bits per heavy atom. The van der Waals surface area contributed by atoms with Crippen LogP contribution in [-0.4, -0.2) is 26.2 Å². The van der Waals surface area contributed by atoms with Crippen molar-refractivity contribution < 1.29 is 14.3 Å². The summed E-state index contributed by atoms with van der Waals surface area (Å²) in [5.74, 6) is 2.24. The van der Waals surface area contributed by atoms with Gasteiger partial charge in [-0.1, -0.05) is 38.1 Å². The van der Waals surface area contributed by atoms with Crippen LogP contribution < -0.4 is 14.8 Å². The fourth-order valence-corrected chi connectivity index (χ4v) is 2.77. The van der Waals surface area contributed by atoms with Crippen LogP contribution in [0.4, 0.5) is 0 Å². The Kier molecular flexibility index (Phi) is 8.69. The van der Waals surface area contributed by atoms with E-state index in [-0.39, 0.29) is 5.91 Å². The van der Waals surface area contributed by atoms with E-state index in [1.165, 1.54) is 11.1 Å². The Balaban J connectivity index is 1.54. The highest BCUT2D eigenvalue weighted by atomic mass is 16.5. The van der Waals surface area contributed by atoms with Gasteiger partial charge in [0, 0.05) is 13.0 Å². The van der Waals surface area contributed by atoms with Crippen LogP contribution in [0, 0.1) is 0 Å². The zero-order chi connectivity index (χ0) is 19.5. The molecule has 0 aliphatic heterocycles. The first kappa shape index (κ1) is 20.8. The summed E-state index contributed by atoms with van der Waals surface area (Å²) in [5, 5.41) is 2.99. The molecule has 4 heteroatoms. The smallest absolute Gasteiger partial charge is 0.220 e. The van der Waals surface area contributed by atoms with Gasteiger partial charge < -0.3 is 14.8 Å². The topological polar surface area (TPSA) is 47.6 Å². The zero-order valence-electron chi connectivity index (χ0n) is 16.7. The summed E-state index contributed by atoms with van der Waals surface area (Å²) in [5.41, 5.74) is 2.69. The highest BCUT2D eigenvalue weighted by Gasteiger charge is 2.03. The van der Waals surface area contributed by atoms with E-state index in [0.717, 1.165) is 24.3 Å². The molecule has 0 fully saturated rings. The van der Waals surface area contributed by atoms with E-state index in [1.54, 1.807) is 7.11 Å². The summed E-state index contributed by atoms with van der Waals surface area (Å²) < 4.78 is 10.7. The summed E-state index contributed by atoms with van der Waals surface area (Å²) in [6.07, 6.45) is 3.13. The van der Waals surface area contributed by atoms with Crippen molar-refractivity contribution in [1.82, 2.24) is 5.32 Å². The summed E-state index contributed by atoms with van der Waals surface area (Å²) in [6, 6.07) is 16.2. The minimum atomic E-state index is 0.0866. The first-order valence-corrected chi connectivity index (χ1v) is 9.71. The van der Waals surface area contributed by atoms with E-state index < -0.39 is 0 Å². The summed E-state index contributed by atoms with van der Waals surface area (Å²) in [6.45, 7) is 5.64. The normalized spacial score (nSPS) is 10.7. The molecule has 2 rings (SSSR count). The van der Waals surface area contributed by atoms with Crippen molar-refractivity contribution in [2.45, 2.75) is 45.4 Å². The second-order valence-corrected chi connectivity index (χ2v) is 6.98. The molecular weight excluding hydrogens is 338 g/mol. The number of carbonyl (C=O) groups is 1. The standard InChI is InChI=1S/C23H31NO3/c1-18(2)20-10-8-19(9-11-20)6-4-16-24-23(25)7-5-17-27-22-14-12-21(26-3)13-15-22/h8-15,18H,4-7,16-17H2,1-3H3,(H,24,25). The molecule has 2 aromatic carbocycles. The van der Waals surface area contributed by atoms with E-state index in [2.05, 4.69) is 43.4 Å². The predicted octanol–water partition coefficient (Wildman–Crippen LogP) is 4.73. The number of benzene rings is 2. The summed E-state index contributed by atoms with van der Waals surface area (Å²) >= 11 is 0. The van der Waals surface area contributed by atoms with E-state index in [1.807, 2.05) is 24.3 Å². The van der Waals surface area contributed by atoms with Gasteiger partial charge in [-0.15, -0.1) is 0 Å². The Morgan fingerprint density at radius 2 is 1.63 bits per heavy atom. The van der Waals surface area contributed by atoms with Crippen LogP contribution in [0.1, 0.15) is 50.2 Å². The molecular formula is C23H31NO3. The second-order valence-electron chi connectivity index (χ2n) is 6.98. The van der Waals surface area contributed by atoms with Gasteiger partial charge in [0.05, 0.1) is 13.7 Å². The Labute approximate surface area is 162 Å². The molecule has 0 atom stereocenters. The van der Waals surface area contributed by atoms with Gasteiger partial charge in [-0.2, -0.15) is 0 Å². The monoisotopic (exact) mass is 369 g/mol. The molecule has 27 heavy (non-hydrogen) atoms. The average Bonchev–Trinajstić information content (AvgIpc) is 2.69. The molecule has 0 saturated heterocycles. The second kappa shape index (κ2) is 11.3. The maximum atomic E-state index is 11.9. The van der Waals surface area contributed by atoms with E-state index in [0.29, 0.717) is 31.9 Å². The van der Waals surface area contributed by atoms with Crippen molar-refractivity contribution in [2.75, 3.05) is 20.3 Å². The lowest BCUT2D eigenvalue weighted by Gasteiger charge is -2.09. The first-order chi connectivity index (χ1) is 13.1. The molecule has 0 aromatic heterocycles. The number of hydrogen-bond acceptors (Lipinski definition) is 3. The number of amides is 1. The number of aryl methyl sites for hydroxylation is 1. The lowest BCUT2D eigenvalue weighted by atomic mass is 10.0. The van der Waals surface area contributed by atoms with Gasteiger partial charge in [0.25, 0.3) is 0 Å². The zero-order valence-corrected chi connectivity index (χ0v) is 16.7. The van der Waals surface area contributed by atoms with E-state index >= 15 is 0 Å². The number of nitrogens with one attached hydrogen (secondary N) is 1. The average molecular weight is 370 g/mol. The third-order valence-electron chi connectivity index (χ3n) is 4.49. The van der Waals surface area contributed by atoms with Crippen molar-refractivity contribution in [3.05, 3.63) is 59.7 Å². The van der Waals surface area contributed by atoms with Gasteiger partial charge in [-0.3, -0.25) is 4.79 Å². The molecule has 0 aliphatic rings. The number of ether oxygens (including phenoxy) is 2. The quantitative estimate of drug-likeness (QED) is 0.583. The first-order valence-electron chi connectivity index (χ1n) is 9.71. The highest BCUT2D eigenvalue weighted by Crippen LogP contribution is 2.17. The highest BCUT2D eigenvalue weighted by molar-refractivity contribution is 5.75. The van der Waals surface area contributed by atoms with Gasteiger partial charge in [0.15, 0.2) is 0 Å². The van der Waals surface area contributed by atoms with Crippen LogP contribution >= 0.6 is 0 Å². The van der Waals surface area contributed by atoms with Gasteiger partial charge in [0.1, 0.15) is 11.5 Å². The molecule has 0 heterocycles. The van der Waals surface area contributed by atoms with Crippen LogP contribution in [0.25, 0.3) is 0 Å². The molecule has 1 amide bonds. The molecule has 0 unspecified atom stereocenters. The van der Waals surface area contributed by atoms with Crippen molar-refractivity contribution in [2.24, 2.45) is 0 Å². The SMILES string of the molecule is COc1ccc(OCCCC(=O)NCCCc2ccc(C(C)C)cc2)cc1. The molecule has 0 saturated carbocycles. The van der Waals surface area contributed by atoms with Crippen LogP contribution in [-0.2, 0) is 11.2 Å². The number of carbonyl (C=O) groups excluding carboxylic acids is 1. The molecule has 0 spiro atoms. The maximum Gasteiger partial charge on any atom is 0.220 e. The van der Waals surface area contributed by atoms with Crippen molar-refractivity contribution in [3.63, 3.8) is 0 Å². The molecule has 0 radical (unpaired) electrons. The molecule has 0 aliphatic carbocycles. The Hall–Kier alpha value is -2.49. The minimum absolute atomic E-state index is 0.0866. The molecule has 2 aromatic rings. The van der Waals surface area contributed by atoms with Gasteiger partial charge >= 0.3 is 0 Å². The fourth-order valence-electron chi connectivity index (χ4n) is 2.77. The van der Waals surface area contributed by atoms with Crippen molar-refractivity contribution in [3.8, 4) is 11.5 Å². The maximum absolute atomic E-state index is 11.9. The van der Waals surface area contributed by atoms with Crippen LogP contribution in [0.15, 0.2) is 48.5 Å². The Bertz CT molecular complexity index is 678. The Morgan fingerprint density at radius 1 is 0.963 bits per heavy atom. The summed E-state index contributed by atoms with van der Waals surface area (Å²) in [4.78, 5) is 11.9. The number of hydrogen-bond donors (Lipinski definition) is 1. The van der Waals surface area contributed by atoms with Gasteiger partial charge in [0.2, 0.25) is 5.91 Å². The van der Waals surface area contributed by atoms with Gasteiger partial charge in [-0.25, -0.2) is 0 Å². The molecule has 0 bridgehead atoms. The van der Waals surface area contributed by atoms with Crippen LogP contribution in [0.3, 0.4) is 0 Å². The fraction of sp³-hybridized carbons (Fsp3) is 0.435. The van der Waals surface area contributed by atoms with E-state index in [9.17, 15) is 4.79 Å². The van der Waals surface area contributed by atoms with Crippen LogP contribution in [0.2, 0.25) is 0 Å². The largest absolute Gasteiger partial charge is 0.497 e. The lowest BCUT2D eigenvalue weighted by Crippen LogP contribution is -2.24. The predicted molar refractivity (Wildman–Crippen MR) is 110 cm³/mol. The summed E-state index contributed by atoms with van der Waals surface area (Å²) in [7, 11) is 1.64. The molecule has 4 nitrogen and oxygen atoms in total. The lowest BCUT2D eigenvalue weighted by molar-refractivity contribution is -0.121. The third-order valence-corrected chi connectivity index (χ3v) is 4.49.